The van der Waals surface area contributed by atoms with E-state index in [1.54, 1.807) is 11.3 Å². The van der Waals surface area contributed by atoms with Crippen LogP contribution >= 0.6 is 11.3 Å². The van der Waals surface area contributed by atoms with Crippen molar-refractivity contribution < 1.29 is 0 Å². The van der Waals surface area contributed by atoms with Gasteiger partial charge < -0.3 is 5.32 Å². The SMILES string of the molecule is CNC(Cc1cccs1)c1ncn[nH]1. The molecule has 4 nitrogen and oxygen atoms in total. The number of hydrogen-bond donors (Lipinski definition) is 2. The fraction of sp³-hybridized carbons (Fsp3) is 0.333. The van der Waals surface area contributed by atoms with Crippen molar-refractivity contribution in [2.45, 2.75) is 12.5 Å². The highest BCUT2D eigenvalue weighted by Gasteiger charge is 2.12. The number of nitrogens with zero attached hydrogens (tertiary/aromatic N) is 2. The lowest BCUT2D eigenvalue weighted by Gasteiger charge is -2.11. The predicted octanol–water partition coefficient (Wildman–Crippen LogP) is 1.37. The van der Waals surface area contributed by atoms with Crippen LogP contribution in [0.3, 0.4) is 0 Å². The summed E-state index contributed by atoms with van der Waals surface area (Å²) in [6.45, 7) is 0. The first kappa shape index (κ1) is 9.36. The van der Waals surface area contributed by atoms with Gasteiger partial charge in [0.15, 0.2) is 0 Å². The molecular weight excluding hydrogens is 196 g/mol. The number of aromatic amines is 1. The van der Waals surface area contributed by atoms with Crippen LogP contribution in [-0.4, -0.2) is 22.2 Å². The van der Waals surface area contributed by atoms with E-state index in [1.807, 2.05) is 7.05 Å². The number of aromatic nitrogens is 3. The highest BCUT2D eigenvalue weighted by atomic mass is 32.1. The van der Waals surface area contributed by atoms with Crippen LogP contribution in [-0.2, 0) is 6.42 Å². The van der Waals surface area contributed by atoms with Crippen molar-refractivity contribution in [3.63, 3.8) is 0 Å². The molecule has 0 radical (unpaired) electrons. The van der Waals surface area contributed by atoms with Gasteiger partial charge in [-0.1, -0.05) is 6.07 Å². The smallest absolute Gasteiger partial charge is 0.141 e. The number of nitrogens with one attached hydrogen (secondary N) is 2. The Morgan fingerprint density at radius 2 is 2.57 bits per heavy atom. The molecule has 1 unspecified atom stereocenters. The van der Waals surface area contributed by atoms with E-state index in [1.165, 1.54) is 11.2 Å². The van der Waals surface area contributed by atoms with Crippen molar-refractivity contribution >= 4 is 11.3 Å². The summed E-state index contributed by atoms with van der Waals surface area (Å²) in [5.74, 6) is 0.890. The Bertz CT molecular complexity index is 354. The standard InChI is InChI=1S/C9H12N4S/c1-10-8(9-11-6-12-13-9)5-7-3-2-4-14-7/h2-4,6,8,10H,5H2,1H3,(H,11,12,13). The second kappa shape index (κ2) is 4.34. The maximum atomic E-state index is 4.14. The van der Waals surface area contributed by atoms with Crippen molar-refractivity contribution in [2.75, 3.05) is 7.05 Å². The summed E-state index contributed by atoms with van der Waals surface area (Å²) in [6.07, 6.45) is 2.48. The van der Waals surface area contributed by atoms with E-state index in [-0.39, 0.29) is 6.04 Å². The molecule has 2 rings (SSSR count). The number of hydrogen-bond acceptors (Lipinski definition) is 4. The third-order valence-electron chi connectivity index (χ3n) is 2.10. The quantitative estimate of drug-likeness (QED) is 0.798. The van der Waals surface area contributed by atoms with Gasteiger partial charge >= 0.3 is 0 Å². The highest BCUT2D eigenvalue weighted by Crippen LogP contribution is 2.17. The van der Waals surface area contributed by atoms with E-state index in [0.29, 0.717) is 0 Å². The molecule has 0 amide bonds. The predicted molar refractivity (Wildman–Crippen MR) is 56.2 cm³/mol. The van der Waals surface area contributed by atoms with Crippen LogP contribution in [0.5, 0.6) is 0 Å². The zero-order valence-corrected chi connectivity index (χ0v) is 8.71. The Balaban J connectivity index is 2.08. The molecule has 0 fully saturated rings. The molecule has 0 saturated heterocycles. The molecule has 0 bridgehead atoms. The van der Waals surface area contributed by atoms with Crippen LogP contribution < -0.4 is 5.32 Å². The van der Waals surface area contributed by atoms with Gasteiger partial charge in [0.25, 0.3) is 0 Å². The Morgan fingerprint density at radius 1 is 1.64 bits per heavy atom. The molecule has 0 spiro atoms. The first-order valence-corrected chi connectivity index (χ1v) is 5.33. The number of likely N-dealkylation sites (N-methyl/N-ethyl adjacent to an activating group) is 1. The average Bonchev–Trinajstić information content (AvgIpc) is 2.86. The first-order valence-electron chi connectivity index (χ1n) is 4.45. The highest BCUT2D eigenvalue weighted by molar-refractivity contribution is 7.09. The minimum atomic E-state index is 0.219. The normalized spacial score (nSPS) is 12.9. The number of thiophene rings is 1. The van der Waals surface area contributed by atoms with Crippen molar-refractivity contribution in [3.05, 3.63) is 34.5 Å². The number of rotatable bonds is 4. The molecule has 0 aliphatic heterocycles. The summed E-state index contributed by atoms with van der Waals surface area (Å²) in [5.41, 5.74) is 0. The summed E-state index contributed by atoms with van der Waals surface area (Å²) in [5, 5.41) is 12.0. The molecular formula is C9H12N4S. The maximum Gasteiger partial charge on any atom is 0.141 e. The maximum absolute atomic E-state index is 4.14. The minimum absolute atomic E-state index is 0.219. The molecule has 0 saturated carbocycles. The lowest BCUT2D eigenvalue weighted by molar-refractivity contribution is 0.563. The second-order valence-electron chi connectivity index (χ2n) is 3.00. The fourth-order valence-electron chi connectivity index (χ4n) is 1.35. The van der Waals surface area contributed by atoms with E-state index in [0.717, 1.165) is 12.2 Å². The summed E-state index contributed by atoms with van der Waals surface area (Å²) < 4.78 is 0. The van der Waals surface area contributed by atoms with Gasteiger partial charge in [0.1, 0.15) is 12.2 Å². The molecule has 2 heterocycles. The Kier molecular flexibility index (Phi) is 2.90. The number of H-pyrrole nitrogens is 1. The molecule has 2 N–H and O–H groups in total. The molecule has 5 heteroatoms. The summed E-state index contributed by atoms with van der Waals surface area (Å²) in [7, 11) is 1.93. The van der Waals surface area contributed by atoms with E-state index in [9.17, 15) is 0 Å². The van der Waals surface area contributed by atoms with Crippen LogP contribution in [0.1, 0.15) is 16.7 Å². The average molecular weight is 208 g/mol. The zero-order valence-electron chi connectivity index (χ0n) is 7.90. The third kappa shape index (κ3) is 2.00. The van der Waals surface area contributed by atoms with E-state index < -0.39 is 0 Å². The van der Waals surface area contributed by atoms with Gasteiger partial charge in [-0.15, -0.1) is 11.3 Å². The van der Waals surface area contributed by atoms with Crippen molar-refractivity contribution in [3.8, 4) is 0 Å². The zero-order chi connectivity index (χ0) is 9.80. The molecule has 74 valence electrons. The van der Waals surface area contributed by atoms with E-state index >= 15 is 0 Å². The van der Waals surface area contributed by atoms with Gasteiger partial charge in [-0.25, -0.2) is 4.98 Å². The first-order chi connectivity index (χ1) is 6.90. The Hall–Kier alpha value is -1.20. The summed E-state index contributed by atoms with van der Waals surface area (Å²) in [6, 6.07) is 4.41. The molecule has 2 aromatic heterocycles. The fourth-order valence-corrected chi connectivity index (χ4v) is 2.10. The molecule has 0 aliphatic rings. The largest absolute Gasteiger partial charge is 0.310 e. The third-order valence-corrected chi connectivity index (χ3v) is 3.00. The second-order valence-corrected chi connectivity index (χ2v) is 4.03. The van der Waals surface area contributed by atoms with E-state index in [4.69, 9.17) is 0 Å². The van der Waals surface area contributed by atoms with Crippen molar-refractivity contribution in [1.82, 2.24) is 20.5 Å². The summed E-state index contributed by atoms with van der Waals surface area (Å²) in [4.78, 5) is 5.49. The van der Waals surface area contributed by atoms with Crippen LogP contribution in [0.25, 0.3) is 0 Å². The molecule has 2 aromatic rings. The van der Waals surface area contributed by atoms with Crippen LogP contribution in [0.15, 0.2) is 23.8 Å². The van der Waals surface area contributed by atoms with E-state index in [2.05, 4.69) is 38.0 Å². The Morgan fingerprint density at radius 3 is 3.14 bits per heavy atom. The van der Waals surface area contributed by atoms with Crippen LogP contribution in [0.2, 0.25) is 0 Å². The van der Waals surface area contributed by atoms with Gasteiger partial charge in [-0.2, -0.15) is 5.10 Å². The topological polar surface area (TPSA) is 53.6 Å². The lowest BCUT2D eigenvalue weighted by Crippen LogP contribution is -2.19. The summed E-state index contributed by atoms with van der Waals surface area (Å²) >= 11 is 1.76. The lowest BCUT2D eigenvalue weighted by atomic mass is 10.2. The van der Waals surface area contributed by atoms with Crippen LogP contribution in [0, 0.1) is 0 Å². The van der Waals surface area contributed by atoms with Gasteiger partial charge in [-0.05, 0) is 18.5 Å². The Labute approximate surface area is 86.4 Å². The van der Waals surface area contributed by atoms with Crippen molar-refractivity contribution in [1.29, 1.82) is 0 Å². The monoisotopic (exact) mass is 208 g/mol. The minimum Gasteiger partial charge on any atom is -0.310 e. The van der Waals surface area contributed by atoms with Gasteiger partial charge in [0.05, 0.1) is 6.04 Å². The molecule has 1 atom stereocenters. The van der Waals surface area contributed by atoms with Gasteiger partial charge in [-0.3, -0.25) is 5.10 Å². The van der Waals surface area contributed by atoms with Crippen molar-refractivity contribution in [2.24, 2.45) is 0 Å². The molecule has 0 aliphatic carbocycles. The van der Waals surface area contributed by atoms with Gasteiger partial charge in [0.2, 0.25) is 0 Å². The molecule has 0 aromatic carbocycles. The van der Waals surface area contributed by atoms with Crippen LogP contribution in [0.4, 0.5) is 0 Å². The van der Waals surface area contributed by atoms with Gasteiger partial charge in [0, 0.05) is 11.3 Å². The molecule has 14 heavy (non-hydrogen) atoms.